The molecule has 2 aromatic rings. The van der Waals surface area contributed by atoms with Gasteiger partial charge >= 0.3 is 0 Å². The Hall–Kier alpha value is -2.68. The van der Waals surface area contributed by atoms with Crippen LogP contribution >= 0.6 is 0 Å². The summed E-state index contributed by atoms with van der Waals surface area (Å²) >= 11 is 0. The summed E-state index contributed by atoms with van der Waals surface area (Å²) in [5.74, 6) is 0.833. The smallest absolute Gasteiger partial charge is 0.118 e. The Kier molecular flexibility index (Phi) is 6.79. The molecule has 0 unspecified atom stereocenters. The molecule has 2 rings (SSSR count). The molecule has 0 aliphatic rings. The number of nitrogens with zero attached hydrogens (tertiary/aromatic N) is 2. The van der Waals surface area contributed by atoms with Crippen LogP contribution in [0.2, 0.25) is 0 Å². The van der Waals surface area contributed by atoms with Crippen LogP contribution in [0, 0.1) is 0 Å². The fourth-order valence-corrected chi connectivity index (χ4v) is 2.08. The molecule has 0 amide bonds. The highest BCUT2D eigenvalue weighted by Crippen LogP contribution is 2.10. The quantitative estimate of drug-likeness (QED) is 0.416. The van der Waals surface area contributed by atoms with Gasteiger partial charge in [0.15, 0.2) is 0 Å². The molecular formula is C20H22N2O. The zero-order chi connectivity index (χ0) is 16.3. The number of methoxy groups -OCH3 is 1. The van der Waals surface area contributed by atoms with E-state index in [0.29, 0.717) is 0 Å². The summed E-state index contributed by atoms with van der Waals surface area (Å²) in [6, 6.07) is 16.1. The number of ether oxygens (including phenoxy) is 1. The number of benzene rings is 2. The van der Waals surface area contributed by atoms with Crippen LogP contribution in [0.1, 0.15) is 30.0 Å². The van der Waals surface area contributed by atoms with Crippen molar-refractivity contribution in [2.45, 2.75) is 19.8 Å². The van der Waals surface area contributed by atoms with E-state index in [0.717, 1.165) is 29.7 Å². The molecule has 0 spiro atoms. The van der Waals surface area contributed by atoms with Gasteiger partial charge in [-0.15, -0.1) is 0 Å². The van der Waals surface area contributed by atoms with E-state index in [-0.39, 0.29) is 0 Å². The van der Waals surface area contributed by atoms with Gasteiger partial charge in [0.25, 0.3) is 0 Å². The van der Waals surface area contributed by atoms with Crippen LogP contribution in [-0.4, -0.2) is 19.5 Å². The van der Waals surface area contributed by atoms with Crippen molar-refractivity contribution in [2.75, 3.05) is 7.11 Å². The molecule has 0 radical (unpaired) electrons. The first kappa shape index (κ1) is 16.7. The lowest BCUT2D eigenvalue weighted by atomic mass is 10.1. The van der Waals surface area contributed by atoms with E-state index < -0.39 is 0 Å². The van der Waals surface area contributed by atoms with Crippen molar-refractivity contribution in [2.24, 2.45) is 10.2 Å². The van der Waals surface area contributed by atoms with Gasteiger partial charge in [-0.25, -0.2) is 0 Å². The van der Waals surface area contributed by atoms with E-state index in [4.69, 9.17) is 4.74 Å². The average Bonchev–Trinajstić information content (AvgIpc) is 2.61. The van der Waals surface area contributed by atoms with Crippen molar-refractivity contribution in [3.8, 4) is 5.75 Å². The van der Waals surface area contributed by atoms with Crippen molar-refractivity contribution < 1.29 is 4.74 Å². The molecule has 23 heavy (non-hydrogen) atoms. The van der Waals surface area contributed by atoms with Crippen LogP contribution in [-0.2, 0) is 6.42 Å². The lowest BCUT2D eigenvalue weighted by molar-refractivity contribution is 0.415. The van der Waals surface area contributed by atoms with Crippen LogP contribution in [0.4, 0.5) is 0 Å². The molecule has 0 aromatic heterocycles. The van der Waals surface area contributed by atoms with Gasteiger partial charge < -0.3 is 4.74 Å². The summed E-state index contributed by atoms with van der Waals surface area (Å²) in [5.41, 5.74) is 3.37. The largest absolute Gasteiger partial charge is 0.497 e. The summed E-state index contributed by atoms with van der Waals surface area (Å²) in [6.45, 7) is 2.05. The second-order valence-corrected chi connectivity index (χ2v) is 5.11. The fraction of sp³-hybridized carbons (Fsp3) is 0.200. The minimum atomic E-state index is 0.833. The Morgan fingerprint density at radius 2 is 1.43 bits per heavy atom. The first-order valence-corrected chi connectivity index (χ1v) is 7.72. The number of hydrogen-bond acceptors (Lipinski definition) is 3. The van der Waals surface area contributed by atoms with Crippen molar-refractivity contribution >= 4 is 12.4 Å². The maximum Gasteiger partial charge on any atom is 0.118 e. The molecule has 0 saturated heterocycles. The standard InChI is InChI=1S/C20H22N2O/c1-3-4-5-6-17-7-9-18(10-8-17)15-21-22-16-19-11-13-20(23-2)14-12-19/h3-4,7-16H,5-6H2,1-2H3/b4-3+,21-15?,22-16?. The highest BCUT2D eigenvalue weighted by atomic mass is 16.5. The Bertz CT molecular complexity index is 668. The lowest BCUT2D eigenvalue weighted by Gasteiger charge is -1.99. The maximum atomic E-state index is 5.12. The molecule has 0 heterocycles. The first-order chi connectivity index (χ1) is 11.3. The SMILES string of the molecule is C/C=C/CCc1ccc(C=NN=Cc2ccc(OC)cc2)cc1. The van der Waals surface area contributed by atoms with Crippen LogP contribution in [0.5, 0.6) is 5.75 Å². The third-order valence-electron chi connectivity index (χ3n) is 3.41. The number of aryl methyl sites for hydroxylation is 1. The second kappa shape index (κ2) is 9.36. The summed E-state index contributed by atoms with van der Waals surface area (Å²) in [4.78, 5) is 0. The fourth-order valence-electron chi connectivity index (χ4n) is 2.08. The van der Waals surface area contributed by atoms with Gasteiger partial charge in [0.2, 0.25) is 0 Å². The number of allylic oxidation sites excluding steroid dienone is 2. The van der Waals surface area contributed by atoms with Gasteiger partial charge in [-0.05, 0) is 60.7 Å². The average molecular weight is 306 g/mol. The Morgan fingerprint density at radius 1 is 0.870 bits per heavy atom. The van der Waals surface area contributed by atoms with E-state index in [1.165, 1.54) is 5.56 Å². The van der Waals surface area contributed by atoms with E-state index in [2.05, 4.69) is 46.6 Å². The maximum absolute atomic E-state index is 5.12. The van der Waals surface area contributed by atoms with Crippen molar-refractivity contribution in [3.63, 3.8) is 0 Å². The molecule has 0 fully saturated rings. The van der Waals surface area contributed by atoms with Crippen LogP contribution in [0.25, 0.3) is 0 Å². The van der Waals surface area contributed by atoms with Crippen LogP contribution in [0.15, 0.2) is 70.9 Å². The van der Waals surface area contributed by atoms with Gasteiger partial charge in [0, 0.05) is 0 Å². The summed E-state index contributed by atoms with van der Waals surface area (Å²) in [5, 5.41) is 8.16. The van der Waals surface area contributed by atoms with Crippen molar-refractivity contribution in [3.05, 3.63) is 77.4 Å². The highest BCUT2D eigenvalue weighted by Gasteiger charge is 1.92. The Labute approximate surface area is 138 Å². The van der Waals surface area contributed by atoms with E-state index in [1.54, 1.807) is 19.5 Å². The molecule has 0 bridgehead atoms. The Balaban J connectivity index is 1.87. The summed E-state index contributed by atoms with van der Waals surface area (Å²) in [7, 11) is 1.65. The molecule has 3 nitrogen and oxygen atoms in total. The minimum Gasteiger partial charge on any atom is -0.497 e. The number of rotatable bonds is 7. The van der Waals surface area contributed by atoms with E-state index in [1.807, 2.05) is 31.2 Å². The normalized spacial score (nSPS) is 11.7. The summed E-state index contributed by atoms with van der Waals surface area (Å²) in [6.07, 6.45) is 9.90. The van der Waals surface area contributed by atoms with Crippen LogP contribution in [0.3, 0.4) is 0 Å². The van der Waals surface area contributed by atoms with Crippen molar-refractivity contribution in [1.29, 1.82) is 0 Å². The molecular weight excluding hydrogens is 284 g/mol. The van der Waals surface area contributed by atoms with Gasteiger partial charge in [0.1, 0.15) is 5.75 Å². The molecule has 3 heteroatoms. The summed E-state index contributed by atoms with van der Waals surface area (Å²) < 4.78 is 5.12. The van der Waals surface area contributed by atoms with Gasteiger partial charge in [-0.2, -0.15) is 10.2 Å². The Morgan fingerprint density at radius 3 is 1.96 bits per heavy atom. The monoisotopic (exact) mass is 306 g/mol. The number of hydrogen-bond donors (Lipinski definition) is 0. The predicted molar refractivity (Wildman–Crippen MR) is 97.8 cm³/mol. The third-order valence-corrected chi connectivity index (χ3v) is 3.41. The van der Waals surface area contributed by atoms with Gasteiger partial charge in [-0.3, -0.25) is 0 Å². The highest BCUT2D eigenvalue weighted by molar-refractivity contribution is 5.82. The lowest BCUT2D eigenvalue weighted by Crippen LogP contribution is -1.86. The van der Waals surface area contributed by atoms with Crippen LogP contribution < -0.4 is 4.74 Å². The molecule has 0 saturated carbocycles. The van der Waals surface area contributed by atoms with E-state index >= 15 is 0 Å². The molecule has 2 aromatic carbocycles. The minimum absolute atomic E-state index is 0.833. The molecule has 0 atom stereocenters. The van der Waals surface area contributed by atoms with Gasteiger partial charge in [0.05, 0.1) is 19.5 Å². The zero-order valence-electron chi connectivity index (χ0n) is 13.6. The molecule has 0 aliphatic carbocycles. The zero-order valence-corrected chi connectivity index (χ0v) is 13.6. The molecule has 118 valence electrons. The van der Waals surface area contributed by atoms with Crippen molar-refractivity contribution in [1.82, 2.24) is 0 Å². The predicted octanol–water partition coefficient (Wildman–Crippen LogP) is 4.66. The second-order valence-electron chi connectivity index (χ2n) is 5.11. The van der Waals surface area contributed by atoms with E-state index in [9.17, 15) is 0 Å². The molecule has 0 aliphatic heterocycles. The van der Waals surface area contributed by atoms with Gasteiger partial charge in [-0.1, -0.05) is 36.4 Å². The third kappa shape index (κ3) is 5.91. The molecule has 0 N–H and O–H groups in total. The first-order valence-electron chi connectivity index (χ1n) is 7.72. The topological polar surface area (TPSA) is 34.0 Å².